The van der Waals surface area contributed by atoms with Gasteiger partial charge in [-0.05, 0) is 47.5 Å². The van der Waals surface area contributed by atoms with Gasteiger partial charge in [0.2, 0.25) is 5.91 Å². The van der Waals surface area contributed by atoms with Crippen molar-refractivity contribution in [3.8, 4) is 5.75 Å². The van der Waals surface area contributed by atoms with E-state index in [0.717, 1.165) is 5.56 Å². The second-order valence-corrected chi connectivity index (χ2v) is 10.8. The van der Waals surface area contributed by atoms with Crippen LogP contribution in [0.5, 0.6) is 5.75 Å². The molecule has 7 rings (SSSR count). The summed E-state index contributed by atoms with van der Waals surface area (Å²) >= 11 is 0. The van der Waals surface area contributed by atoms with E-state index < -0.39 is 39.9 Å². The molecule has 9 heteroatoms. The molecule has 3 heterocycles. The second kappa shape index (κ2) is 9.77. The van der Waals surface area contributed by atoms with Crippen LogP contribution in [-0.4, -0.2) is 41.6 Å². The lowest BCUT2D eigenvalue weighted by molar-refractivity contribution is -0.384. The average molecular weight is 572 g/mol. The third-order valence-corrected chi connectivity index (χ3v) is 8.81. The van der Waals surface area contributed by atoms with Crippen LogP contribution in [0.1, 0.15) is 31.8 Å². The number of anilines is 2. The van der Waals surface area contributed by atoms with Crippen LogP contribution in [0.4, 0.5) is 17.1 Å². The number of nitrogens with one attached hydrogen (secondary N) is 1. The predicted molar refractivity (Wildman–Crippen MR) is 161 cm³/mol. The van der Waals surface area contributed by atoms with E-state index in [0.29, 0.717) is 28.3 Å². The first kappa shape index (κ1) is 26.3. The van der Waals surface area contributed by atoms with Gasteiger partial charge in [-0.15, -0.1) is 0 Å². The number of nitro benzene ring substituents is 1. The molecular weight excluding hydrogens is 546 g/mol. The molecule has 0 aromatic heterocycles. The number of ketones is 2. The van der Waals surface area contributed by atoms with E-state index in [-0.39, 0.29) is 17.2 Å². The van der Waals surface area contributed by atoms with Crippen LogP contribution in [-0.2, 0) is 10.2 Å². The number of carbonyl (C=O) groups is 3. The zero-order valence-corrected chi connectivity index (χ0v) is 23.0. The number of para-hydroxylation sites is 2. The van der Waals surface area contributed by atoms with Crippen molar-refractivity contribution in [3.05, 3.63) is 136 Å². The molecule has 212 valence electrons. The Morgan fingerprint density at radius 3 is 2.42 bits per heavy atom. The molecule has 0 aliphatic carbocycles. The number of methoxy groups -OCH3 is 1. The minimum atomic E-state index is -1.47. The molecular formula is C34H25N3O6. The molecule has 0 radical (unpaired) electrons. The molecule has 4 aromatic carbocycles. The van der Waals surface area contributed by atoms with Crippen LogP contribution in [0, 0.1) is 16.0 Å². The maximum absolute atomic E-state index is 14.8. The maximum atomic E-state index is 14.8. The van der Waals surface area contributed by atoms with Gasteiger partial charge in [-0.25, -0.2) is 0 Å². The van der Waals surface area contributed by atoms with Gasteiger partial charge in [-0.1, -0.05) is 60.7 Å². The Kier molecular flexibility index (Phi) is 5.98. The molecule has 3 aliphatic rings. The molecule has 4 aromatic rings. The highest BCUT2D eigenvalue weighted by Crippen LogP contribution is 2.58. The first-order valence-corrected chi connectivity index (χ1v) is 13.8. The zero-order chi connectivity index (χ0) is 29.9. The number of ether oxygens (including phenoxy) is 1. The fourth-order valence-corrected chi connectivity index (χ4v) is 7.00. The summed E-state index contributed by atoms with van der Waals surface area (Å²) in [7, 11) is 1.53. The van der Waals surface area contributed by atoms with Crippen molar-refractivity contribution in [2.24, 2.45) is 5.92 Å². The molecule has 43 heavy (non-hydrogen) atoms. The normalized spacial score (nSPS) is 22.9. The number of hydrogen-bond donors (Lipinski definition) is 1. The third-order valence-electron chi connectivity index (χ3n) is 8.81. The first-order chi connectivity index (χ1) is 20.9. The fraction of sp³-hybridized carbons (Fsp3) is 0.147. The molecule has 3 aliphatic heterocycles. The van der Waals surface area contributed by atoms with Crippen molar-refractivity contribution in [3.63, 3.8) is 0 Å². The molecule has 1 fully saturated rings. The summed E-state index contributed by atoms with van der Waals surface area (Å²) in [4.78, 5) is 56.8. The van der Waals surface area contributed by atoms with Crippen molar-refractivity contribution in [2.45, 2.75) is 17.5 Å². The maximum Gasteiger partial charge on any atom is 0.270 e. The molecule has 0 saturated carbocycles. The van der Waals surface area contributed by atoms with Crippen molar-refractivity contribution in [2.75, 3.05) is 17.3 Å². The number of carbonyl (C=O) groups excluding carboxylic acids is 3. The second-order valence-electron chi connectivity index (χ2n) is 10.8. The number of nitrogens with zero attached hydrogens (tertiary/aromatic N) is 2. The SMILES string of the molecule is COc1ccc(C(=O)[C@@H]2[C@H](C(=O)c3cccc([N+](=O)[O-])c3)N3c4ccccc4C=C[C@H]3[C@]23C(=O)Nc2ccccc23)cc1. The zero-order valence-electron chi connectivity index (χ0n) is 23.0. The number of amides is 1. The number of benzene rings is 4. The molecule has 1 saturated heterocycles. The molecule has 0 bridgehead atoms. The van der Waals surface area contributed by atoms with Crippen LogP contribution in [0.2, 0.25) is 0 Å². The summed E-state index contributed by atoms with van der Waals surface area (Å²) in [5, 5.41) is 14.6. The van der Waals surface area contributed by atoms with Gasteiger partial charge in [0.15, 0.2) is 11.6 Å². The third kappa shape index (κ3) is 3.74. The Hall–Kier alpha value is -5.57. The van der Waals surface area contributed by atoms with E-state index in [1.54, 1.807) is 30.3 Å². The van der Waals surface area contributed by atoms with Gasteiger partial charge >= 0.3 is 0 Å². The Labute approximate surface area is 246 Å². The van der Waals surface area contributed by atoms with E-state index in [1.807, 2.05) is 59.5 Å². The number of rotatable bonds is 6. The monoisotopic (exact) mass is 571 g/mol. The van der Waals surface area contributed by atoms with Crippen LogP contribution < -0.4 is 15.0 Å². The summed E-state index contributed by atoms with van der Waals surface area (Å²) in [5.41, 5.74) is 1.42. The van der Waals surface area contributed by atoms with Gasteiger partial charge in [-0.2, -0.15) is 0 Å². The van der Waals surface area contributed by atoms with E-state index in [9.17, 15) is 24.5 Å². The molecule has 9 nitrogen and oxygen atoms in total. The number of Topliss-reactive ketones (excluding diaryl/α,β-unsaturated/α-hetero) is 2. The van der Waals surface area contributed by atoms with E-state index in [2.05, 4.69) is 5.32 Å². The largest absolute Gasteiger partial charge is 0.497 e. The molecule has 1 spiro atoms. The number of non-ortho nitro benzene ring substituents is 1. The minimum absolute atomic E-state index is 0.0845. The average Bonchev–Trinajstić information content (AvgIpc) is 3.52. The van der Waals surface area contributed by atoms with Gasteiger partial charge in [0.25, 0.3) is 5.69 Å². The lowest BCUT2D eigenvalue weighted by Crippen LogP contribution is -2.51. The Morgan fingerprint density at radius 2 is 1.65 bits per heavy atom. The van der Waals surface area contributed by atoms with Gasteiger partial charge in [0, 0.05) is 34.6 Å². The molecule has 4 atom stereocenters. The Bertz CT molecular complexity index is 1870. The van der Waals surface area contributed by atoms with Crippen molar-refractivity contribution in [1.82, 2.24) is 0 Å². The van der Waals surface area contributed by atoms with Crippen molar-refractivity contribution >= 4 is 40.6 Å². The van der Waals surface area contributed by atoms with Gasteiger partial charge in [-0.3, -0.25) is 24.5 Å². The molecule has 0 unspecified atom stereocenters. The van der Waals surface area contributed by atoms with E-state index in [1.165, 1.54) is 31.4 Å². The van der Waals surface area contributed by atoms with E-state index in [4.69, 9.17) is 4.74 Å². The summed E-state index contributed by atoms with van der Waals surface area (Å²) < 4.78 is 5.29. The fourth-order valence-electron chi connectivity index (χ4n) is 7.00. The first-order valence-electron chi connectivity index (χ1n) is 13.8. The summed E-state index contributed by atoms with van der Waals surface area (Å²) in [6.45, 7) is 0. The highest BCUT2D eigenvalue weighted by atomic mass is 16.6. The predicted octanol–water partition coefficient (Wildman–Crippen LogP) is 5.46. The Morgan fingerprint density at radius 1 is 0.907 bits per heavy atom. The summed E-state index contributed by atoms with van der Waals surface area (Å²) in [5.74, 6) is -1.88. The lowest BCUT2D eigenvalue weighted by atomic mass is 9.64. The number of nitro groups is 1. The highest BCUT2D eigenvalue weighted by Gasteiger charge is 2.70. The van der Waals surface area contributed by atoms with Gasteiger partial charge in [0.05, 0.1) is 24.0 Å². The molecule has 1 amide bonds. The number of hydrogen-bond acceptors (Lipinski definition) is 7. The topological polar surface area (TPSA) is 119 Å². The van der Waals surface area contributed by atoms with Crippen LogP contribution in [0.3, 0.4) is 0 Å². The lowest BCUT2D eigenvalue weighted by Gasteiger charge is -2.37. The summed E-state index contributed by atoms with van der Waals surface area (Å²) in [6, 6.07) is 25.0. The van der Waals surface area contributed by atoms with Crippen molar-refractivity contribution < 1.29 is 24.0 Å². The van der Waals surface area contributed by atoms with Crippen LogP contribution in [0.25, 0.3) is 6.08 Å². The Balaban J connectivity index is 1.52. The minimum Gasteiger partial charge on any atom is -0.497 e. The number of fused-ring (bicyclic) bond motifs is 6. The van der Waals surface area contributed by atoms with Gasteiger partial charge in [0.1, 0.15) is 17.2 Å². The van der Waals surface area contributed by atoms with Gasteiger partial charge < -0.3 is 15.0 Å². The smallest absolute Gasteiger partial charge is 0.270 e. The van der Waals surface area contributed by atoms with Crippen LogP contribution in [0.15, 0.2) is 103 Å². The molecule has 1 N–H and O–H groups in total. The van der Waals surface area contributed by atoms with Crippen molar-refractivity contribution in [1.29, 1.82) is 0 Å². The van der Waals surface area contributed by atoms with E-state index >= 15 is 0 Å². The standard InChI is InChI=1S/C34H25N3O6/c1-43-24-16-13-21(14-17-24)31(38)29-30(32(39)22-8-6-9-23(19-22)37(41)42)36-27-12-5-2-7-20(27)15-18-28(36)34(29)25-10-3-4-11-26(25)35-33(34)40/h2-19,28-30H,1H3,(H,35,40)/t28-,29-,30+,34-/m0/s1. The summed E-state index contributed by atoms with van der Waals surface area (Å²) in [6.07, 6.45) is 3.81. The quantitative estimate of drug-likeness (QED) is 0.185. The highest BCUT2D eigenvalue weighted by molar-refractivity contribution is 6.18. The van der Waals surface area contributed by atoms with Crippen LogP contribution >= 0.6 is 0 Å².